The second-order valence-corrected chi connectivity index (χ2v) is 4.06. The molecule has 0 atom stereocenters. The predicted octanol–water partition coefficient (Wildman–Crippen LogP) is 0.147. The Labute approximate surface area is 101 Å². The van der Waals surface area contributed by atoms with Gasteiger partial charge in [0.05, 0.1) is 0 Å². The molecule has 0 aliphatic carbocycles. The Morgan fingerprint density at radius 1 is 1.71 bits per heavy atom. The van der Waals surface area contributed by atoms with Crippen LogP contribution in [0.1, 0.15) is 10.5 Å². The molecule has 0 saturated carbocycles. The first-order valence-electron chi connectivity index (χ1n) is 4.69. The van der Waals surface area contributed by atoms with Crippen LogP contribution in [0.4, 0.5) is 5.13 Å². The van der Waals surface area contributed by atoms with E-state index in [1.807, 2.05) is 14.1 Å². The molecule has 1 aromatic heterocycles. The SMILES string of the molecule is CN(C)c1nc(C(=O)NCCO[N+](=O)[O-])cs1. The van der Waals surface area contributed by atoms with Gasteiger partial charge < -0.3 is 15.1 Å². The van der Waals surface area contributed by atoms with Crippen LogP contribution in [-0.4, -0.2) is 43.2 Å². The zero-order valence-corrected chi connectivity index (χ0v) is 10.2. The van der Waals surface area contributed by atoms with E-state index >= 15 is 0 Å². The van der Waals surface area contributed by atoms with E-state index in [4.69, 9.17) is 0 Å². The lowest BCUT2D eigenvalue weighted by molar-refractivity contribution is -0.757. The maximum atomic E-state index is 11.5. The number of carbonyl (C=O) groups excluding carboxylic acids is 1. The van der Waals surface area contributed by atoms with Gasteiger partial charge in [-0.1, -0.05) is 0 Å². The Kier molecular flexibility index (Phi) is 4.64. The van der Waals surface area contributed by atoms with Crippen LogP contribution in [-0.2, 0) is 4.84 Å². The van der Waals surface area contributed by atoms with Crippen molar-refractivity contribution in [3.8, 4) is 0 Å². The number of hydrogen-bond donors (Lipinski definition) is 1. The van der Waals surface area contributed by atoms with E-state index in [-0.39, 0.29) is 19.1 Å². The van der Waals surface area contributed by atoms with Gasteiger partial charge in [0.25, 0.3) is 11.0 Å². The molecule has 8 nitrogen and oxygen atoms in total. The minimum atomic E-state index is -0.904. The van der Waals surface area contributed by atoms with E-state index in [0.29, 0.717) is 5.69 Å². The lowest BCUT2D eigenvalue weighted by Gasteiger charge is -2.05. The van der Waals surface area contributed by atoms with Gasteiger partial charge in [0.15, 0.2) is 5.13 Å². The molecule has 0 fully saturated rings. The maximum absolute atomic E-state index is 11.5. The van der Waals surface area contributed by atoms with Crippen molar-refractivity contribution < 1.29 is 14.7 Å². The average molecular weight is 260 g/mol. The van der Waals surface area contributed by atoms with E-state index in [9.17, 15) is 14.9 Å². The van der Waals surface area contributed by atoms with Crippen LogP contribution < -0.4 is 10.2 Å². The van der Waals surface area contributed by atoms with Crippen molar-refractivity contribution in [3.05, 3.63) is 21.2 Å². The summed E-state index contributed by atoms with van der Waals surface area (Å²) in [4.78, 5) is 31.3. The quantitative estimate of drug-likeness (QED) is 0.444. The molecule has 1 heterocycles. The molecule has 0 aliphatic rings. The van der Waals surface area contributed by atoms with Crippen molar-refractivity contribution in [2.45, 2.75) is 0 Å². The molecule has 0 radical (unpaired) electrons. The highest BCUT2D eigenvalue weighted by molar-refractivity contribution is 7.13. The molecular formula is C8H12N4O4S. The van der Waals surface area contributed by atoms with E-state index in [1.54, 1.807) is 10.3 Å². The van der Waals surface area contributed by atoms with Crippen LogP contribution in [0, 0.1) is 10.1 Å². The van der Waals surface area contributed by atoms with Gasteiger partial charge in [0.2, 0.25) is 0 Å². The van der Waals surface area contributed by atoms with E-state index < -0.39 is 5.09 Å². The van der Waals surface area contributed by atoms with Crippen molar-refractivity contribution in [1.82, 2.24) is 10.3 Å². The summed E-state index contributed by atoms with van der Waals surface area (Å²) in [7, 11) is 3.65. The number of amides is 1. The number of nitrogens with one attached hydrogen (secondary N) is 1. The van der Waals surface area contributed by atoms with E-state index in [2.05, 4.69) is 15.1 Å². The topological polar surface area (TPSA) is 97.6 Å². The number of carbonyl (C=O) groups is 1. The largest absolute Gasteiger partial charge is 0.354 e. The minimum Gasteiger partial charge on any atom is -0.354 e. The monoisotopic (exact) mass is 260 g/mol. The first-order chi connectivity index (χ1) is 8.00. The lowest BCUT2D eigenvalue weighted by Crippen LogP contribution is -2.28. The lowest BCUT2D eigenvalue weighted by atomic mass is 10.4. The number of hydrogen-bond acceptors (Lipinski definition) is 7. The smallest absolute Gasteiger partial charge is 0.294 e. The number of aromatic nitrogens is 1. The fourth-order valence-corrected chi connectivity index (χ4v) is 1.69. The van der Waals surface area contributed by atoms with Crippen molar-refractivity contribution in [1.29, 1.82) is 0 Å². The maximum Gasteiger partial charge on any atom is 0.294 e. The average Bonchev–Trinajstić information content (AvgIpc) is 2.73. The van der Waals surface area contributed by atoms with Gasteiger partial charge >= 0.3 is 0 Å². The Balaban J connectivity index is 2.39. The highest BCUT2D eigenvalue weighted by atomic mass is 32.1. The Morgan fingerprint density at radius 3 is 2.94 bits per heavy atom. The summed E-state index contributed by atoms with van der Waals surface area (Å²) in [5.41, 5.74) is 0.291. The molecule has 0 aliphatic heterocycles. The van der Waals surface area contributed by atoms with Crippen LogP contribution in [0.3, 0.4) is 0 Å². The van der Waals surface area contributed by atoms with Crippen molar-refractivity contribution in [2.24, 2.45) is 0 Å². The fraction of sp³-hybridized carbons (Fsp3) is 0.500. The molecule has 1 N–H and O–H groups in total. The van der Waals surface area contributed by atoms with Gasteiger partial charge in [-0.25, -0.2) is 4.98 Å². The first kappa shape index (κ1) is 13.2. The Hall–Kier alpha value is -1.90. The molecular weight excluding hydrogens is 248 g/mol. The zero-order chi connectivity index (χ0) is 12.8. The molecule has 17 heavy (non-hydrogen) atoms. The third kappa shape index (κ3) is 4.23. The number of rotatable bonds is 6. The fourth-order valence-electron chi connectivity index (χ4n) is 0.949. The number of nitrogens with zero attached hydrogens (tertiary/aromatic N) is 3. The second kappa shape index (κ2) is 5.99. The van der Waals surface area contributed by atoms with Crippen molar-refractivity contribution >= 4 is 22.4 Å². The minimum absolute atomic E-state index is 0.0641. The zero-order valence-electron chi connectivity index (χ0n) is 9.37. The standard InChI is InChI=1S/C8H12N4O4S/c1-11(2)8-10-6(5-17-8)7(13)9-3-4-16-12(14)15/h5H,3-4H2,1-2H3,(H,9,13). The summed E-state index contributed by atoms with van der Waals surface area (Å²) in [6, 6.07) is 0. The molecule has 1 rings (SSSR count). The first-order valence-corrected chi connectivity index (χ1v) is 5.57. The van der Waals surface area contributed by atoms with Crippen LogP contribution >= 0.6 is 11.3 Å². The van der Waals surface area contributed by atoms with Gasteiger partial charge in [-0.3, -0.25) is 4.79 Å². The van der Waals surface area contributed by atoms with Gasteiger partial charge in [-0.15, -0.1) is 21.5 Å². The summed E-state index contributed by atoms with van der Waals surface area (Å²) in [6.45, 7) is -0.113. The molecule has 0 unspecified atom stereocenters. The molecule has 1 aromatic rings. The highest BCUT2D eigenvalue weighted by Crippen LogP contribution is 2.17. The van der Waals surface area contributed by atoms with Crippen LogP contribution in [0.25, 0.3) is 0 Å². The van der Waals surface area contributed by atoms with E-state index in [0.717, 1.165) is 5.13 Å². The molecule has 0 spiro atoms. The predicted molar refractivity (Wildman–Crippen MR) is 61.7 cm³/mol. The summed E-state index contributed by atoms with van der Waals surface area (Å²) >= 11 is 1.34. The van der Waals surface area contributed by atoms with Crippen molar-refractivity contribution in [2.75, 3.05) is 32.1 Å². The normalized spacial score (nSPS) is 9.76. The van der Waals surface area contributed by atoms with Gasteiger partial charge in [-0.05, 0) is 0 Å². The molecule has 0 aromatic carbocycles. The number of thiazole rings is 1. The molecule has 1 amide bonds. The van der Waals surface area contributed by atoms with Crippen LogP contribution in [0.15, 0.2) is 5.38 Å². The van der Waals surface area contributed by atoms with Crippen LogP contribution in [0.5, 0.6) is 0 Å². The Morgan fingerprint density at radius 2 is 2.41 bits per heavy atom. The third-order valence-corrected chi connectivity index (χ3v) is 2.70. The van der Waals surface area contributed by atoms with Crippen LogP contribution in [0.2, 0.25) is 0 Å². The van der Waals surface area contributed by atoms with Gasteiger partial charge in [-0.2, -0.15) is 0 Å². The molecule has 9 heteroatoms. The van der Waals surface area contributed by atoms with Crippen molar-refractivity contribution in [3.63, 3.8) is 0 Å². The summed E-state index contributed by atoms with van der Waals surface area (Å²) in [5, 5.41) is 13.8. The van der Waals surface area contributed by atoms with Gasteiger partial charge in [0, 0.05) is 26.0 Å². The summed E-state index contributed by atoms with van der Waals surface area (Å²) < 4.78 is 0. The molecule has 94 valence electrons. The summed E-state index contributed by atoms with van der Waals surface area (Å²) in [5.74, 6) is -0.374. The molecule has 0 bridgehead atoms. The Bertz CT molecular complexity index is 406. The second-order valence-electron chi connectivity index (χ2n) is 3.22. The summed E-state index contributed by atoms with van der Waals surface area (Å²) in [6.07, 6.45) is 0. The van der Waals surface area contributed by atoms with E-state index in [1.165, 1.54) is 11.3 Å². The third-order valence-electron chi connectivity index (χ3n) is 1.69. The number of anilines is 1. The highest BCUT2D eigenvalue weighted by Gasteiger charge is 2.11. The molecule has 0 saturated heterocycles. The van der Waals surface area contributed by atoms with Gasteiger partial charge in [0.1, 0.15) is 12.3 Å².